The fourth-order valence-electron chi connectivity index (χ4n) is 1.52. The number of methoxy groups -OCH3 is 1. The van der Waals surface area contributed by atoms with Crippen LogP contribution in [0.4, 0.5) is 0 Å². The molecule has 1 aromatic heterocycles. The average molecular weight is 219 g/mol. The van der Waals surface area contributed by atoms with Crippen molar-refractivity contribution < 1.29 is 4.74 Å². The third-order valence-electron chi connectivity index (χ3n) is 2.39. The lowest BCUT2D eigenvalue weighted by molar-refractivity contribution is 0.410. The molecule has 0 aliphatic heterocycles. The van der Waals surface area contributed by atoms with Gasteiger partial charge in [0.05, 0.1) is 18.3 Å². The lowest BCUT2D eigenvalue weighted by Gasteiger charge is -2.06. The number of ether oxygens (including phenoxy) is 1. The highest BCUT2D eigenvalue weighted by molar-refractivity contribution is 7.09. The molecule has 2 aromatic rings. The van der Waals surface area contributed by atoms with Crippen LogP contribution in [0.1, 0.15) is 16.1 Å². The molecule has 1 aromatic carbocycles. The highest BCUT2D eigenvalue weighted by Gasteiger charge is 2.06. The molecule has 15 heavy (non-hydrogen) atoms. The fourth-order valence-corrected chi connectivity index (χ4v) is 2.32. The molecule has 0 spiro atoms. The number of rotatable bonds is 3. The largest absolute Gasteiger partial charge is 0.496 e. The summed E-state index contributed by atoms with van der Waals surface area (Å²) < 4.78 is 5.32. The molecule has 0 saturated carbocycles. The Bertz CT molecular complexity index is 450. The predicted molar refractivity (Wildman–Crippen MR) is 62.7 cm³/mol. The zero-order valence-electron chi connectivity index (χ0n) is 8.86. The number of aromatic nitrogens is 1. The molecule has 3 heteroatoms. The van der Waals surface area contributed by atoms with Crippen LogP contribution in [0, 0.1) is 6.92 Å². The van der Waals surface area contributed by atoms with Crippen molar-refractivity contribution in [2.75, 3.05) is 7.11 Å². The van der Waals surface area contributed by atoms with E-state index < -0.39 is 0 Å². The third-order valence-corrected chi connectivity index (χ3v) is 3.32. The van der Waals surface area contributed by atoms with E-state index in [1.807, 2.05) is 30.6 Å². The quantitative estimate of drug-likeness (QED) is 0.791. The molecule has 0 aliphatic carbocycles. The van der Waals surface area contributed by atoms with Gasteiger partial charge in [-0.25, -0.2) is 4.98 Å². The van der Waals surface area contributed by atoms with E-state index in [1.165, 1.54) is 10.4 Å². The van der Waals surface area contributed by atoms with Gasteiger partial charge in [-0.3, -0.25) is 0 Å². The zero-order valence-corrected chi connectivity index (χ0v) is 9.67. The standard InChI is InChI=1S/C12H13NOS/c1-9-12(15-8-13-9)7-10-5-3-4-6-11(10)14-2/h3-6,8H,7H2,1-2H3. The maximum Gasteiger partial charge on any atom is 0.122 e. The van der Waals surface area contributed by atoms with Crippen molar-refractivity contribution in [3.8, 4) is 5.75 Å². The van der Waals surface area contributed by atoms with E-state index in [0.717, 1.165) is 17.9 Å². The van der Waals surface area contributed by atoms with Gasteiger partial charge in [-0.2, -0.15) is 0 Å². The van der Waals surface area contributed by atoms with Crippen molar-refractivity contribution in [1.29, 1.82) is 0 Å². The minimum Gasteiger partial charge on any atom is -0.496 e. The topological polar surface area (TPSA) is 22.1 Å². The Morgan fingerprint density at radius 2 is 2.13 bits per heavy atom. The predicted octanol–water partition coefficient (Wildman–Crippen LogP) is 3.05. The van der Waals surface area contributed by atoms with Crippen LogP contribution in [0.2, 0.25) is 0 Å². The summed E-state index contributed by atoms with van der Waals surface area (Å²) in [6.07, 6.45) is 0.903. The second-order valence-corrected chi connectivity index (χ2v) is 4.29. The molecule has 1 heterocycles. The van der Waals surface area contributed by atoms with Crippen LogP contribution in [0.25, 0.3) is 0 Å². The molecular weight excluding hydrogens is 206 g/mol. The Morgan fingerprint density at radius 3 is 2.80 bits per heavy atom. The van der Waals surface area contributed by atoms with Crippen LogP contribution in [0.5, 0.6) is 5.75 Å². The summed E-state index contributed by atoms with van der Waals surface area (Å²) in [5, 5.41) is 0. The molecule has 2 rings (SSSR count). The van der Waals surface area contributed by atoms with E-state index in [2.05, 4.69) is 11.1 Å². The molecule has 0 bridgehead atoms. The number of benzene rings is 1. The number of para-hydroxylation sites is 1. The second kappa shape index (κ2) is 4.45. The molecule has 0 N–H and O–H groups in total. The fraction of sp³-hybridized carbons (Fsp3) is 0.250. The van der Waals surface area contributed by atoms with E-state index in [4.69, 9.17) is 4.74 Å². The van der Waals surface area contributed by atoms with Crippen molar-refractivity contribution in [2.45, 2.75) is 13.3 Å². The van der Waals surface area contributed by atoms with Crippen molar-refractivity contribution >= 4 is 11.3 Å². The second-order valence-electron chi connectivity index (χ2n) is 3.35. The minimum absolute atomic E-state index is 0.903. The highest BCUT2D eigenvalue weighted by atomic mass is 32.1. The molecule has 0 amide bonds. The van der Waals surface area contributed by atoms with Gasteiger partial charge in [0, 0.05) is 11.3 Å². The van der Waals surface area contributed by atoms with Gasteiger partial charge >= 0.3 is 0 Å². The van der Waals surface area contributed by atoms with Gasteiger partial charge in [-0.05, 0) is 18.6 Å². The first-order valence-corrected chi connectivity index (χ1v) is 5.70. The van der Waals surface area contributed by atoms with Crippen LogP contribution in [-0.2, 0) is 6.42 Å². The Labute approximate surface area is 93.6 Å². The lowest BCUT2D eigenvalue weighted by Crippen LogP contribution is -1.93. The third kappa shape index (κ3) is 2.18. The SMILES string of the molecule is COc1ccccc1Cc1scnc1C. The number of aryl methyl sites for hydroxylation is 1. The summed E-state index contributed by atoms with van der Waals surface area (Å²) in [6.45, 7) is 2.04. The smallest absolute Gasteiger partial charge is 0.122 e. The van der Waals surface area contributed by atoms with Crippen LogP contribution >= 0.6 is 11.3 Å². The number of nitrogens with zero attached hydrogens (tertiary/aromatic N) is 1. The summed E-state index contributed by atoms with van der Waals surface area (Å²) in [5.41, 5.74) is 4.22. The number of hydrogen-bond donors (Lipinski definition) is 0. The molecule has 0 radical (unpaired) electrons. The maximum atomic E-state index is 5.32. The van der Waals surface area contributed by atoms with Crippen molar-refractivity contribution in [3.63, 3.8) is 0 Å². The van der Waals surface area contributed by atoms with Crippen molar-refractivity contribution in [3.05, 3.63) is 45.9 Å². The first kappa shape index (κ1) is 10.2. The van der Waals surface area contributed by atoms with Gasteiger partial charge < -0.3 is 4.74 Å². The summed E-state index contributed by atoms with van der Waals surface area (Å²) in [7, 11) is 1.71. The first-order chi connectivity index (χ1) is 7.31. The molecule has 0 aliphatic rings. The van der Waals surface area contributed by atoms with Gasteiger partial charge in [0.1, 0.15) is 5.75 Å². The molecule has 78 valence electrons. The van der Waals surface area contributed by atoms with Crippen LogP contribution in [0.3, 0.4) is 0 Å². The van der Waals surface area contributed by atoms with E-state index >= 15 is 0 Å². The van der Waals surface area contributed by atoms with Gasteiger partial charge in [-0.15, -0.1) is 11.3 Å². The Kier molecular flexibility index (Phi) is 3.02. The van der Waals surface area contributed by atoms with E-state index in [1.54, 1.807) is 18.4 Å². The lowest BCUT2D eigenvalue weighted by atomic mass is 10.1. The van der Waals surface area contributed by atoms with Crippen molar-refractivity contribution in [1.82, 2.24) is 4.98 Å². The normalized spacial score (nSPS) is 10.3. The van der Waals surface area contributed by atoms with Gasteiger partial charge in [0.2, 0.25) is 0 Å². The van der Waals surface area contributed by atoms with Gasteiger partial charge in [-0.1, -0.05) is 18.2 Å². The number of hydrogen-bond acceptors (Lipinski definition) is 3. The minimum atomic E-state index is 0.903. The first-order valence-electron chi connectivity index (χ1n) is 4.82. The molecule has 0 atom stereocenters. The van der Waals surface area contributed by atoms with Crippen molar-refractivity contribution in [2.24, 2.45) is 0 Å². The zero-order chi connectivity index (χ0) is 10.7. The summed E-state index contributed by atoms with van der Waals surface area (Å²) in [6, 6.07) is 8.11. The molecule has 0 unspecified atom stereocenters. The Balaban J connectivity index is 2.28. The molecular formula is C12H13NOS. The summed E-state index contributed by atoms with van der Waals surface area (Å²) in [4.78, 5) is 5.55. The van der Waals surface area contributed by atoms with E-state index in [0.29, 0.717) is 0 Å². The average Bonchev–Trinajstić information content (AvgIpc) is 2.65. The number of thiazole rings is 1. The van der Waals surface area contributed by atoms with Gasteiger partial charge in [0.25, 0.3) is 0 Å². The highest BCUT2D eigenvalue weighted by Crippen LogP contribution is 2.24. The Morgan fingerprint density at radius 1 is 1.33 bits per heavy atom. The molecule has 0 saturated heterocycles. The molecule has 0 fully saturated rings. The van der Waals surface area contributed by atoms with Crippen LogP contribution in [0.15, 0.2) is 29.8 Å². The summed E-state index contributed by atoms with van der Waals surface area (Å²) in [5.74, 6) is 0.949. The Hall–Kier alpha value is -1.35. The van der Waals surface area contributed by atoms with Crippen LogP contribution in [-0.4, -0.2) is 12.1 Å². The van der Waals surface area contributed by atoms with Gasteiger partial charge in [0.15, 0.2) is 0 Å². The molecule has 2 nitrogen and oxygen atoms in total. The maximum absolute atomic E-state index is 5.32. The van der Waals surface area contributed by atoms with E-state index in [9.17, 15) is 0 Å². The monoisotopic (exact) mass is 219 g/mol. The summed E-state index contributed by atoms with van der Waals surface area (Å²) >= 11 is 1.70. The van der Waals surface area contributed by atoms with E-state index in [-0.39, 0.29) is 0 Å². The van der Waals surface area contributed by atoms with Crippen LogP contribution < -0.4 is 4.74 Å².